The van der Waals surface area contributed by atoms with Gasteiger partial charge in [-0.05, 0) is 25.0 Å². The number of urea groups is 1. The Labute approximate surface area is 125 Å². The molecule has 0 aliphatic heterocycles. The first kappa shape index (κ1) is 15.6. The normalized spacial score (nSPS) is 15.5. The van der Waals surface area contributed by atoms with Crippen LogP contribution in [0.2, 0.25) is 0 Å². The molecule has 0 unspecified atom stereocenters. The van der Waals surface area contributed by atoms with Crippen molar-refractivity contribution in [3.05, 3.63) is 30.1 Å². The summed E-state index contributed by atoms with van der Waals surface area (Å²) in [7, 11) is 1.85. The van der Waals surface area contributed by atoms with Crippen molar-refractivity contribution >= 4 is 6.03 Å². The molecule has 0 saturated heterocycles. The number of nitrogens with one attached hydrogen (secondary N) is 1. The Morgan fingerprint density at radius 3 is 2.86 bits per heavy atom. The van der Waals surface area contributed by atoms with Gasteiger partial charge in [0.2, 0.25) is 0 Å². The highest BCUT2D eigenvalue weighted by molar-refractivity contribution is 5.74. The van der Waals surface area contributed by atoms with E-state index in [1.165, 1.54) is 31.4 Å². The number of hydrogen-bond acceptors (Lipinski definition) is 2. The van der Waals surface area contributed by atoms with E-state index in [1.54, 1.807) is 17.0 Å². The SMILES string of the molecule is CN(C(=O)NCCOc1cccc(F)c1)C1CCCCC1. The number of carbonyl (C=O) groups excluding carboxylic acids is 1. The molecule has 1 aromatic rings. The van der Waals surface area contributed by atoms with Gasteiger partial charge in [0.25, 0.3) is 0 Å². The fraction of sp³-hybridized carbons (Fsp3) is 0.562. The van der Waals surface area contributed by atoms with E-state index < -0.39 is 0 Å². The quantitative estimate of drug-likeness (QED) is 0.847. The van der Waals surface area contributed by atoms with Crippen LogP contribution >= 0.6 is 0 Å². The molecule has 0 bridgehead atoms. The van der Waals surface area contributed by atoms with E-state index in [4.69, 9.17) is 4.74 Å². The van der Waals surface area contributed by atoms with Crippen LogP contribution < -0.4 is 10.1 Å². The van der Waals surface area contributed by atoms with Crippen LogP contribution in [-0.2, 0) is 0 Å². The predicted molar refractivity (Wildman–Crippen MR) is 79.9 cm³/mol. The first-order valence-corrected chi connectivity index (χ1v) is 7.56. The summed E-state index contributed by atoms with van der Waals surface area (Å²) in [5.74, 6) is 0.151. The number of amides is 2. The Morgan fingerprint density at radius 2 is 2.14 bits per heavy atom. The number of ether oxygens (including phenoxy) is 1. The van der Waals surface area contributed by atoms with Gasteiger partial charge in [-0.15, -0.1) is 0 Å². The molecule has 0 radical (unpaired) electrons. The van der Waals surface area contributed by atoms with Crippen molar-refractivity contribution in [1.29, 1.82) is 0 Å². The molecular formula is C16H23FN2O2. The van der Waals surface area contributed by atoms with Gasteiger partial charge in [-0.25, -0.2) is 9.18 Å². The molecule has 0 atom stereocenters. The zero-order chi connectivity index (χ0) is 15.1. The molecule has 2 rings (SSSR count). The molecule has 1 fully saturated rings. The lowest BCUT2D eigenvalue weighted by Crippen LogP contribution is -2.45. The Bertz CT molecular complexity index is 461. The molecule has 4 nitrogen and oxygen atoms in total. The first-order valence-electron chi connectivity index (χ1n) is 7.56. The van der Waals surface area contributed by atoms with Crippen molar-refractivity contribution in [2.45, 2.75) is 38.1 Å². The van der Waals surface area contributed by atoms with E-state index in [9.17, 15) is 9.18 Å². The summed E-state index contributed by atoms with van der Waals surface area (Å²) in [5.41, 5.74) is 0. The van der Waals surface area contributed by atoms with E-state index in [2.05, 4.69) is 5.32 Å². The Morgan fingerprint density at radius 1 is 1.38 bits per heavy atom. The molecule has 0 heterocycles. The molecule has 1 N–H and O–H groups in total. The lowest BCUT2D eigenvalue weighted by molar-refractivity contribution is 0.171. The van der Waals surface area contributed by atoms with E-state index in [1.807, 2.05) is 7.05 Å². The smallest absolute Gasteiger partial charge is 0.317 e. The summed E-state index contributed by atoms with van der Waals surface area (Å²) in [6.07, 6.45) is 5.84. The average Bonchev–Trinajstić information content (AvgIpc) is 2.51. The van der Waals surface area contributed by atoms with Crippen molar-refractivity contribution in [3.8, 4) is 5.75 Å². The maximum Gasteiger partial charge on any atom is 0.317 e. The number of halogens is 1. The van der Waals surface area contributed by atoms with Crippen molar-refractivity contribution < 1.29 is 13.9 Å². The summed E-state index contributed by atoms with van der Waals surface area (Å²) in [4.78, 5) is 13.8. The minimum atomic E-state index is -0.325. The van der Waals surface area contributed by atoms with Gasteiger partial charge in [0.15, 0.2) is 0 Å². The van der Waals surface area contributed by atoms with Gasteiger partial charge in [0.1, 0.15) is 18.2 Å². The maximum absolute atomic E-state index is 13.0. The second-order valence-corrected chi connectivity index (χ2v) is 5.44. The fourth-order valence-corrected chi connectivity index (χ4v) is 2.64. The molecule has 1 aromatic carbocycles. The molecule has 2 amide bonds. The molecule has 116 valence electrons. The summed E-state index contributed by atoms with van der Waals surface area (Å²) in [5, 5.41) is 2.83. The van der Waals surface area contributed by atoms with E-state index >= 15 is 0 Å². The van der Waals surface area contributed by atoms with Crippen LogP contribution in [0.5, 0.6) is 5.75 Å². The molecule has 1 aliphatic rings. The van der Waals surface area contributed by atoms with Crippen LogP contribution in [0.3, 0.4) is 0 Å². The third kappa shape index (κ3) is 4.92. The number of rotatable bonds is 5. The number of hydrogen-bond donors (Lipinski definition) is 1. The van der Waals surface area contributed by atoms with Crippen LogP contribution in [0.15, 0.2) is 24.3 Å². The van der Waals surface area contributed by atoms with Crippen molar-refractivity contribution in [2.75, 3.05) is 20.2 Å². The third-order valence-electron chi connectivity index (χ3n) is 3.89. The summed E-state index contributed by atoms with van der Waals surface area (Å²) < 4.78 is 18.3. The summed E-state index contributed by atoms with van der Waals surface area (Å²) >= 11 is 0. The van der Waals surface area contributed by atoms with Gasteiger partial charge in [-0.2, -0.15) is 0 Å². The first-order chi connectivity index (χ1) is 10.2. The molecule has 1 aliphatic carbocycles. The molecular weight excluding hydrogens is 271 g/mol. The van der Waals surface area contributed by atoms with Gasteiger partial charge < -0.3 is 15.0 Å². The predicted octanol–water partition coefficient (Wildman–Crippen LogP) is 3.18. The number of benzene rings is 1. The van der Waals surface area contributed by atoms with E-state index in [-0.39, 0.29) is 11.8 Å². The second-order valence-electron chi connectivity index (χ2n) is 5.44. The summed E-state index contributed by atoms with van der Waals surface area (Å²) in [6, 6.07) is 6.27. The molecule has 5 heteroatoms. The topological polar surface area (TPSA) is 41.6 Å². The fourth-order valence-electron chi connectivity index (χ4n) is 2.64. The minimum absolute atomic E-state index is 0.0651. The van der Waals surface area contributed by atoms with Gasteiger partial charge in [0.05, 0.1) is 6.54 Å². The highest BCUT2D eigenvalue weighted by Crippen LogP contribution is 2.21. The highest BCUT2D eigenvalue weighted by atomic mass is 19.1. The Balaban J connectivity index is 1.66. The van der Waals surface area contributed by atoms with Gasteiger partial charge in [0, 0.05) is 19.2 Å². The van der Waals surface area contributed by atoms with Crippen LogP contribution in [0.4, 0.5) is 9.18 Å². The largest absolute Gasteiger partial charge is 0.492 e. The van der Waals surface area contributed by atoms with Crippen molar-refractivity contribution in [3.63, 3.8) is 0 Å². The third-order valence-corrected chi connectivity index (χ3v) is 3.89. The molecule has 1 saturated carbocycles. The maximum atomic E-state index is 13.0. The van der Waals surface area contributed by atoms with Crippen LogP contribution in [0.1, 0.15) is 32.1 Å². The van der Waals surface area contributed by atoms with Crippen LogP contribution in [0, 0.1) is 5.82 Å². The van der Waals surface area contributed by atoms with Gasteiger partial charge in [-0.1, -0.05) is 25.3 Å². The molecule has 0 spiro atoms. The highest BCUT2D eigenvalue weighted by Gasteiger charge is 2.21. The lowest BCUT2D eigenvalue weighted by atomic mass is 9.95. The number of nitrogens with zero attached hydrogens (tertiary/aromatic N) is 1. The Kier molecular flexibility index (Phi) is 5.84. The monoisotopic (exact) mass is 294 g/mol. The minimum Gasteiger partial charge on any atom is -0.492 e. The van der Waals surface area contributed by atoms with Gasteiger partial charge in [-0.3, -0.25) is 0 Å². The second kappa shape index (κ2) is 7.86. The van der Waals surface area contributed by atoms with E-state index in [0.29, 0.717) is 24.9 Å². The summed E-state index contributed by atoms with van der Waals surface area (Å²) in [6.45, 7) is 0.736. The van der Waals surface area contributed by atoms with Crippen LogP contribution in [-0.4, -0.2) is 37.2 Å². The number of carbonyl (C=O) groups is 1. The standard InChI is InChI=1S/C16H23FN2O2/c1-19(14-7-3-2-4-8-14)16(20)18-10-11-21-15-9-5-6-13(17)12-15/h5-6,9,12,14H,2-4,7-8,10-11H2,1H3,(H,18,20). The van der Waals surface area contributed by atoms with Crippen molar-refractivity contribution in [1.82, 2.24) is 10.2 Å². The van der Waals surface area contributed by atoms with E-state index in [0.717, 1.165) is 12.8 Å². The lowest BCUT2D eigenvalue weighted by Gasteiger charge is -2.31. The zero-order valence-electron chi connectivity index (χ0n) is 12.5. The van der Waals surface area contributed by atoms with Gasteiger partial charge >= 0.3 is 6.03 Å². The molecule has 21 heavy (non-hydrogen) atoms. The van der Waals surface area contributed by atoms with Crippen LogP contribution in [0.25, 0.3) is 0 Å². The molecule has 0 aromatic heterocycles. The zero-order valence-corrected chi connectivity index (χ0v) is 12.5. The Hall–Kier alpha value is -1.78. The van der Waals surface area contributed by atoms with Crippen molar-refractivity contribution in [2.24, 2.45) is 0 Å². The average molecular weight is 294 g/mol.